The lowest BCUT2D eigenvalue weighted by Crippen LogP contribution is -2.43. The maximum Gasteiger partial charge on any atom is 0.387 e. The van der Waals surface area contributed by atoms with Gasteiger partial charge in [-0.1, -0.05) is 17.7 Å². The maximum absolute atomic E-state index is 12.6. The molecule has 5 nitrogen and oxygen atoms in total. The van der Waals surface area contributed by atoms with Gasteiger partial charge >= 0.3 is 6.61 Å². The fraction of sp³-hybridized carbons (Fsp3) is 0.632. The SMILES string of the molecule is CN=C(NCCN(C(C)C)C1CC1)NCc1cc(C)ccc1OC(F)F. The van der Waals surface area contributed by atoms with Crippen molar-refractivity contribution in [3.63, 3.8) is 0 Å². The van der Waals surface area contributed by atoms with Crippen LogP contribution in [0.2, 0.25) is 0 Å². The first-order valence-electron chi connectivity index (χ1n) is 9.15. The number of hydrogen-bond donors (Lipinski definition) is 2. The molecule has 0 aromatic heterocycles. The van der Waals surface area contributed by atoms with Crippen molar-refractivity contribution in [3.05, 3.63) is 29.3 Å². The molecule has 0 saturated heterocycles. The Kier molecular flexibility index (Phi) is 7.63. The predicted molar refractivity (Wildman–Crippen MR) is 101 cm³/mol. The molecule has 0 amide bonds. The van der Waals surface area contributed by atoms with E-state index in [1.807, 2.05) is 13.0 Å². The summed E-state index contributed by atoms with van der Waals surface area (Å²) < 4.78 is 29.7. The molecule has 1 saturated carbocycles. The molecular weight excluding hydrogens is 338 g/mol. The molecular formula is C19H30F2N4O. The summed E-state index contributed by atoms with van der Waals surface area (Å²) in [5.74, 6) is 0.835. The number of aliphatic imine (C=N–C) groups is 1. The van der Waals surface area contributed by atoms with Gasteiger partial charge in [0, 0.05) is 44.3 Å². The van der Waals surface area contributed by atoms with Gasteiger partial charge in [0.05, 0.1) is 0 Å². The van der Waals surface area contributed by atoms with Gasteiger partial charge in [-0.05, 0) is 39.7 Å². The topological polar surface area (TPSA) is 48.9 Å². The third-order valence-corrected chi connectivity index (χ3v) is 4.44. The molecule has 7 heteroatoms. The Balaban J connectivity index is 1.85. The molecule has 0 aliphatic heterocycles. The normalized spacial score (nSPS) is 15.0. The molecule has 1 aromatic carbocycles. The van der Waals surface area contributed by atoms with E-state index in [9.17, 15) is 8.78 Å². The van der Waals surface area contributed by atoms with Crippen molar-refractivity contribution in [2.75, 3.05) is 20.1 Å². The first kappa shape index (κ1) is 20.4. The molecule has 1 fully saturated rings. The van der Waals surface area contributed by atoms with Crippen LogP contribution in [0.1, 0.15) is 37.8 Å². The highest BCUT2D eigenvalue weighted by molar-refractivity contribution is 5.79. The highest BCUT2D eigenvalue weighted by atomic mass is 19.3. The molecule has 0 radical (unpaired) electrons. The number of benzene rings is 1. The number of halogens is 2. The van der Waals surface area contributed by atoms with Gasteiger partial charge < -0.3 is 15.4 Å². The number of guanidine groups is 1. The van der Waals surface area contributed by atoms with E-state index >= 15 is 0 Å². The van der Waals surface area contributed by atoms with Gasteiger partial charge in [-0.15, -0.1) is 0 Å². The highest BCUT2D eigenvalue weighted by Crippen LogP contribution is 2.28. The fourth-order valence-corrected chi connectivity index (χ4v) is 3.03. The van der Waals surface area contributed by atoms with E-state index in [1.54, 1.807) is 19.2 Å². The minimum absolute atomic E-state index is 0.188. The fourth-order valence-electron chi connectivity index (χ4n) is 3.03. The van der Waals surface area contributed by atoms with Crippen LogP contribution in [0.15, 0.2) is 23.2 Å². The summed E-state index contributed by atoms with van der Waals surface area (Å²) in [5.41, 5.74) is 1.67. The van der Waals surface area contributed by atoms with Gasteiger partial charge in [0.2, 0.25) is 0 Å². The van der Waals surface area contributed by atoms with Gasteiger partial charge in [-0.3, -0.25) is 9.89 Å². The largest absolute Gasteiger partial charge is 0.434 e. The van der Waals surface area contributed by atoms with E-state index in [-0.39, 0.29) is 5.75 Å². The molecule has 1 aliphatic carbocycles. The Morgan fingerprint density at radius 2 is 2.04 bits per heavy atom. The second-order valence-electron chi connectivity index (χ2n) is 6.90. The van der Waals surface area contributed by atoms with Gasteiger partial charge in [-0.25, -0.2) is 0 Å². The molecule has 1 aromatic rings. The van der Waals surface area contributed by atoms with Gasteiger partial charge in [-0.2, -0.15) is 8.78 Å². The molecule has 0 atom stereocenters. The quantitative estimate of drug-likeness (QED) is 0.519. The molecule has 2 rings (SSSR count). The lowest BCUT2D eigenvalue weighted by molar-refractivity contribution is -0.0504. The summed E-state index contributed by atoms with van der Waals surface area (Å²) in [6, 6.07) is 6.41. The summed E-state index contributed by atoms with van der Waals surface area (Å²) in [4.78, 5) is 6.70. The number of rotatable bonds is 9. The zero-order chi connectivity index (χ0) is 19.1. The number of nitrogens with one attached hydrogen (secondary N) is 2. The average Bonchev–Trinajstić information content (AvgIpc) is 3.40. The molecule has 0 heterocycles. The van der Waals surface area contributed by atoms with Gasteiger partial charge in [0.25, 0.3) is 0 Å². The highest BCUT2D eigenvalue weighted by Gasteiger charge is 2.30. The van der Waals surface area contributed by atoms with E-state index < -0.39 is 6.61 Å². The van der Waals surface area contributed by atoms with Crippen molar-refractivity contribution < 1.29 is 13.5 Å². The van der Waals surface area contributed by atoms with Crippen molar-refractivity contribution >= 4 is 5.96 Å². The third-order valence-electron chi connectivity index (χ3n) is 4.44. The van der Waals surface area contributed by atoms with Crippen LogP contribution in [0.25, 0.3) is 0 Å². The minimum atomic E-state index is -2.83. The first-order valence-corrected chi connectivity index (χ1v) is 9.15. The van der Waals surface area contributed by atoms with E-state index in [0.717, 1.165) is 18.7 Å². The van der Waals surface area contributed by atoms with Crippen LogP contribution in [0.5, 0.6) is 5.75 Å². The first-order chi connectivity index (χ1) is 12.4. The Labute approximate surface area is 154 Å². The Hall–Kier alpha value is -1.89. The van der Waals surface area contributed by atoms with Crippen LogP contribution in [0, 0.1) is 6.92 Å². The number of alkyl halides is 2. The van der Waals surface area contributed by atoms with Crippen molar-refractivity contribution in [1.82, 2.24) is 15.5 Å². The number of nitrogens with zero attached hydrogens (tertiary/aromatic N) is 2. The Morgan fingerprint density at radius 1 is 1.31 bits per heavy atom. The third kappa shape index (κ3) is 6.44. The van der Waals surface area contributed by atoms with Gasteiger partial charge in [0.1, 0.15) is 5.75 Å². The Morgan fingerprint density at radius 3 is 2.62 bits per heavy atom. The lowest BCUT2D eigenvalue weighted by atomic mass is 10.1. The number of aryl methyl sites for hydroxylation is 1. The van der Waals surface area contributed by atoms with Crippen LogP contribution < -0.4 is 15.4 Å². The second-order valence-corrected chi connectivity index (χ2v) is 6.90. The van der Waals surface area contributed by atoms with Crippen LogP contribution in [0.3, 0.4) is 0 Å². The molecule has 2 N–H and O–H groups in total. The minimum Gasteiger partial charge on any atom is -0.434 e. The number of hydrogen-bond acceptors (Lipinski definition) is 3. The lowest BCUT2D eigenvalue weighted by Gasteiger charge is -2.26. The zero-order valence-corrected chi connectivity index (χ0v) is 16.1. The van der Waals surface area contributed by atoms with E-state index in [0.29, 0.717) is 30.2 Å². The zero-order valence-electron chi connectivity index (χ0n) is 16.1. The van der Waals surface area contributed by atoms with Crippen LogP contribution in [0.4, 0.5) is 8.78 Å². The van der Waals surface area contributed by atoms with E-state index in [4.69, 9.17) is 0 Å². The van der Waals surface area contributed by atoms with Crippen LogP contribution in [-0.2, 0) is 6.54 Å². The smallest absolute Gasteiger partial charge is 0.387 e. The van der Waals surface area contributed by atoms with Crippen molar-refractivity contribution in [3.8, 4) is 5.75 Å². The van der Waals surface area contributed by atoms with Crippen LogP contribution >= 0.6 is 0 Å². The van der Waals surface area contributed by atoms with E-state index in [1.165, 1.54) is 12.8 Å². The standard InChI is InChI=1S/C19H30F2N4O/c1-13(2)25(16-6-7-16)10-9-23-19(22-4)24-12-15-11-14(3)5-8-17(15)26-18(20)21/h5,8,11,13,16,18H,6-7,9-10,12H2,1-4H3,(H2,22,23,24). The van der Waals surface area contributed by atoms with Crippen LogP contribution in [-0.4, -0.2) is 49.7 Å². The summed E-state index contributed by atoms with van der Waals surface area (Å²) in [6.07, 6.45) is 2.57. The summed E-state index contributed by atoms with van der Waals surface area (Å²) in [5, 5.41) is 6.46. The summed E-state index contributed by atoms with van der Waals surface area (Å²) in [7, 11) is 1.70. The van der Waals surface area contributed by atoms with Gasteiger partial charge in [0.15, 0.2) is 5.96 Å². The number of ether oxygens (including phenoxy) is 1. The maximum atomic E-state index is 12.6. The summed E-state index contributed by atoms with van der Waals surface area (Å²) >= 11 is 0. The summed E-state index contributed by atoms with van der Waals surface area (Å²) in [6.45, 7) is 5.61. The molecule has 0 spiro atoms. The molecule has 0 bridgehead atoms. The second kappa shape index (κ2) is 9.71. The molecule has 0 unspecified atom stereocenters. The molecule has 1 aliphatic rings. The predicted octanol–water partition coefficient (Wildman–Crippen LogP) is 3.13. The average molecular weight is 368 g/mol. The molecule has 26 heavy (non-hydrogen) atoms. The Bertz CT molecular complexity index is 601. The van der Waals surface area contributed by atoms with Crippen molar-refractivity contribution in [1.29, 1.82) is 0 Å². The monoisotopic (exact) mass is 368 g/mol. The van der Waals surface area contributed by atoms with Crippen molar-refractivity contribution in [2.24, 2.45) is 4.99 Å². The molecule has 146 valence electrons. The van der Waals surface area contributed by atoms with E-state index in [2.05, 4.69) is 39.1 Å². The van der Waals surface area contributed by atoms with Crippen molar-refractivity contribution in [2.45, 2.75) is 58.9 Å².